The third-order valence-electron chi connectivity index (χ3n) is 7.31. The lowest BCUT2D eigenvalue weighted by Crippen LogP contribution is -2.51. The van der Waals surface area contributed by atoms with Crippen molar-refractivity contribution in [2.75, 3.05) is 12.0 Å². The van der Waals surface area contributed by atoms with Gasteiger partial charge < -0.3 is 9.47 Å². The lowest BCUT2D eigenvalue weighted by Gasteiger charge is -2.27. The summed E-state index contributed by atoms with van der Waals surface area (Å²) in [5, 5.41) is 0.353. The summed E-state index contributed by atoms with van der Waals surface area (Å²) in [4.78, 5) is 56.6. The predicted molar refractivity (Wildman–Crippen MR) is 130 cm³/mol. The van der Waals surface area contributed by atoms with E-state index in [1.54, 1.807) is 54.6 Å². The first-order chi connectivity index (χ1) is 17.3. The zero-order chi connectivity index (χ0) is 25.4. The van der Waals surface area contributed by atoms with Gasteiger partial charge in [0.25, 0.3) is 0 Å². The largest absolute Gasteiger partial charge is 0.496 e. The second kappa shape index (κ2) is 7.85. The number of nitrogens with zero attached hydrogens (tertiary/aromatic N) is 1. The molecule has 0 saturated carbocycles. The van der Waals surface area contributed by atoms with Crippen LogP contribution in [0.5, 0.6) is 5.75 Å². The van der Waals surface area contributed by atoms with E-state index in [0.717, 1.165) is 10.5 Å². The minimum atomic E-state index is -2.15. The minimum Gasteiger partial charge on any atom is -0.496 e. The van der Waals surface area contributed by atoms with Crippen molar-refractivity contribution >= 4 is 40.7 Å². The molecular formula is C28H20ClNO6. The highest BCUT2D eigenvalue weighted by atomic mass is 35.5. The second-order valence-electron chi connectivity index (χ2n) is 9.22. The molecule has 3 aromatic rings. The SMILES string of the molecule is COc1ccc(Cl)cc1[C@H]1OC2(C(=O)c3ccccc3C2=O)[C@H]2C(=O)N(c3ccc(C)cc3)C(=O)[C@H]12. The summed E-state index contributed by atoms with van der Waals surface area (Å²) in [5.74, 6) is -4.53. The van der Waals surface area contributed by atoms with E-state index >= 15 is 0 Å². The number of amides is 2. The number of carbonyl (C=O) groups is 4. The monoisotopic (exact) mass is 501 g/mol. The van der Waals surface area contributed by atoms with Crippen molar-refractivity contribution in [1.82, 2.24) is 0 Å². The smallest absolute Gasteiger partial charge is 0.241 e. The molecule has 2 saturated heterocycles. The molecule has 1 aliphatic carbocycles. The van der Waals surface area contributed by atoms with Crippen LogP contribution >= 0.6 is 11.6 Å². The molecule has 36 heavy (non-hydrogen) atoms. The third kappa shape index (κ3) is 2.84. The highest BCUT2D eigenvalue weighted by Crippen LogP contribution is 2.58. The molecule has 1 spiro atoms. The van der Waals surface area contributed by atoms with Crippen molar-refractivity contribution in [3.8, 4) is 5.75 Å². The lowest BCUT2D eigenvalue weighted by molar-refractivity contribution is -0.127. The Kier molecular flexibility index (Phi) is 4.94. The Morgan fingerprint density at radius 3 is 2.14 bits per heavy atom. The summed E-state index contributed by atoms with van der Waals surface area (Å²) in [6.07, 6.45) is -1.11. The molecule has 2 amide bonds. The zero-order valence-electron chi connectivity index (χ0n) is 19.4. The van der Waals surface area contributed by atoms with Gasteiger partial charge in [0.1, 0.15) is 11.9 Å². The number of Topliss-reactive ketones (excluding diaryl/α,β-unsaturated/α-hetero) is 2. The van der Waals surface area contributed by atoms with Gasteiger partial charge in [0.05, 0.1) is 24.6 Å². The number of methoxy groups -OCH3 is 1. The van der Waals surface area contributed by atoms with Crippen molar-refractivity contribution in [1.29, 1.82) is 0 Å². The van der Waals surface area contributed by atoms with E-state index in [9.17, 15) is 19.2 Å². The number of fused-ring (bicyclic) bond motifs is 3. The number of hydrogen-bond acceptors (Lipinski definition) is 6. The van der Waals surface area contributed by atoms with Crippen LogP contribution in [0.3, 0.4) is 0 Å². The Balaban J connectivity index is 1.57. The van der Waals surface area contributed by atoms with Gasteiger partial charge in [-0.15, -0.1) is 0 Å². The maximum atomic E-state index is 13.9. The molecule has 0 N–H and O–H groups in total. The van der Waals surface area contributed by atoms with Crippen molar-refractivity contribution in [3.63, 3.8) is 0 Å². The van der Waals surface area contributed by atoms with E-state index in [1.807, 2.05) is 6.92 Å². The Bertz CT molecular complexity index is 1440. The van der Waals surface area contributed by atoms with E-state index < -0.39 is 46.9 Å². The highest BCUT2D eigenvalue weighted by molar-refractivity contribution is 6.37. The average molecular weight is 502 g/mol. The summed E-state index contributed by atoms with van der Waals surface area (Å²) in [5.41, 5.74) is -0.0925. The van der Waals surface area contributed by atoms with Crippen LogP contribution in [0, 0.1) is 18.8 Å². The molecule has 2 fully saturated rings. The van der Waals surface area contributed by atoms with Crippen LogP contribution in [0.25, 0.3) is 0 Å². The molecule has 6 rings (SSSR count). The molecule has 3 atom stereocenters. The number of rotatable bonds is 3. The van der Waals surface area contributed by atoms with Crippen LogP contribution in [0.1, 0.15) is 37.9 Å². The fourth-order valence-corrected chi connectivity index (χ4v) is 5.86. The molecule has 180 valence electrons. The van der Waals surface area contributed by atoms with Gasteiger partial charge >= 0.3 is 0 Å². The summed E-state index contributed by atoms with van der Waals surface area (Å²) in [6, 6.07) is 18.1. The zero-order valence-corrected chi connectivity index (χ0v) is 20.1. The maximum Gasteiger partial charge on any atom is 0.241 e. The molecule has 3 aromatic carbocycles. The number of ketones is 2. The fraction of sp³-hybridized carbons (Fsp3) is 0.214. The number of halogens is 1. The van der Waals surface area contributed by atoms with Crippen molar-refractivity contribution < 1.29 is 28.7 Å². The lowest BCUT2D eigenvalue weighted by atomic mass is 9.77. The Hall–Kier alpha value is -3.81. The van der Waals surface area contributed by atoms with Gasteiger partial charge in [-0.05, 0) is 37.3 Å². The topological polar surface area (TPSA) is 90.0 Å². The van der Waals surface area contributed by atoms with Gasteiger partial charge in [0.15, 0.2) is 0 Å². The molecule has 0 bridgehead atoms. The molecular weight excluding hydrogens is 482 g/mol. The van der Waals surface area contributed by atoms with Crippen LogP contribution in [-0.2, 0) is 14.3 Å². The summed E-state index contributed by atoms with van der Waals surface area (Å²) in [6.45, 7) is 1.89. The standard InChI is InChI=1S/C28H20ClNO6/c1-14-7-10-16(11-8-14)30-26(33)21-22(27(30)34)28(24(31)17-5-3-4-6-18(17)25(28)32)36-23(21)19-13-15(29)9-12-20(19)35-2/h3-13,21-23H,1-2H3/t21-,22+,23+/m0/s1. The molecule has 3 aliphatic rings. The van der Waals surface area contributed by atoms with Crippen molar-refractivity contribution in [3.05, 3.63) is 94.0 Å². The third-order valence-corrected chi connectivity index (χ3v) is 7.54. The minimum absolute atomic E-state index is 0.175. The van der Waals surface area contributed by atoms with Crippen molar-refractivity contribution in [2.45, 2.75) is 18.6 Å². The Labute approximate surface area is 211 Å². The number of benzene rings is 3. The van der Waals surface area contributed by atoms with Crippen LogP contribution in [-0.4, -0.2) is 36.1 Å². The molecule has 8 heteroatoms. The predicted octanol–water partition coefficient (Wildman–Crippen LogP) is 4.35. The van der Waals surface area contributed by atoms with E-state index in [2.05, 4.69) is 0 Å². The Morgan fingerprint density at radius 2 is 1.53 bits per heavy atom. The fourth-order valence-electron chi connectivity index (χ4n) is 5.68. The maximum absolute atomic E-state index is 13.9. The van der Waals surface area contributed by atoms with Crippen LogP contribution < -0.4 is 9.64 Å². The molecule has 2 heterocycles. The number of anilines is 1. The molecule has 0 aromatic heterocycles. The van der Waals surface area contributed by atoms with Crippen LogP contribution in [0.15, 0.2) is 66.7 Å². The second-order valence-corrected chi connectivity index (χ2v) is 9.65. The molecule has 7 nitrogen and oxygen atoms in total. The van der Waals surface area contributed by atoms with E-state index in [0.29, 0.717) is 22.0 Å². The van der Waals surface area contributed by atoms with E-state index in [1.165, 1.54) is 19.2 Å². The summed E-state index contributed by atoms with van der Waals surface area (Å²) < 4.78 is 11.8. The van der Waals surface area contributed by atoms with Gasteiger partial charge in [0.2, 0.25) is 29.0 Å². The van der Waals surface area contributed by atoms with Gasteiger partial charge in [-0.1, -0.05) is 53.6 Å². The molecule has 0 unspecified atom stereocenters. The molecule has 2 aliphatic heterocycles. The van der Waals surface area contributed by atoms with Gasteiger partial charge in [-0.25, -0.2) is 4.90 Å². The van der Waals surface area contributed by atoms with Crippen LogP contribution in [0.4, 0.5) is 5.69 Å². The quantitative estimate of drug-likeness (QED) is 0.391. The normalized spacial score (nSPS) is 24.0. The first-order valence-corrected chi connectivity index (χ1v) is 11.8. The summed E-state index contributed by atoms with van der Waals surface area (Å²) >= 11 is 6.27. The number of hydrogen-bond donors (Lipinski definition) is 0. The number of aryl methyl sites for hydroxylation is 1. The number of ether oxygens (including phenoxy) is 2. The van der Waals surface area contributed by atoms with Gasteiger partial charge in [-0.2, -0.15) is 0 Å². The van der Waals surface area contributed by atoms with E-state index in [4.69, 9.17) is 21.1 Å². The number of carbonyl (C=O) groups excluding carboxylic acids is 4. The average Bonchev–Trinajstić information content (AvgIpc) is 3.45. The van der Waals surface area contributed by atoms with Gasteiger partial charge in [0, 0.05) is 21.7 Å². The first-order valence-electron chi connectivity index (χ1n) is 11.4. The highest BCUT2D eigenvalue weighted by Gasteiger charge is 2.75. The first kappa shape index (κ1) is 22.6. The Morgan fingerprint density at radius 1 is 0.889 bits per heavy atom. The van der Waals surface area contributed by atoms with Gasteiger partial charge in [-0.3, -0.25) is 19.2 Å². The summed E-state index contributed by atoms with van der Waals surface area (Å²) in [7, 11) is 1.46. The van der Waals surface area contributed by atoms with Crippen LogP contribution in [0.2, 0.25) is 5.02 Å². The van der Waals surface area contributed by atoms with E-state index in [-0.39, 0.29) is 11.1 Å². The molecule has 0 radical (unpaired) electrons. The van der Waals surface area contributed by atoms with Crippen molar-refractivity contribution in [2.24, 2.45) is 11.8 Å². The number of imide groups is 1.